The normalized spacial score (nSPS) is 28.6. The Morgan fingerprint density at radius 1 is 1.12 bits per heavy atom. The summed E-state index contributed by atoms with van der Waals surface area (Å²) in [4.78, 5) is 16.7. The predicted molar refractivity (Wildman–Crippen MR) is 176 cm³/mol. The van der Waals surface area contributed by atoms with E-state index in [0.29, 0.717) is 25.0 Å². The fourth-order valence-electron chi connectivity index (χ4n) is 6.77. The molecule has 0 aromatic heterocycles. The Labute approximate surface area is 267 Å². The summed E-state index contributed by atoms with van der Waals surface area (Å²) in [6.45, 7) is 9.17. The topological polar surface area (TPSA) is 60.0 Å². The van der Waals surface area contributed by atoms with Crippen molar-refractivity contribution in [1.82, 2.24) is 4.72 Å². The molecule has 5 rings (SSSR count). The molecule has 0 spiro atoms. The fourth-order valence-corrected chi connectivity index (χ4v) is 7.78. The molecule has 2 bridgehead atoms. The van der Waals surface area contributed by atoms with E-state index in [-0.39, 0.29) is 29.8 Å². The minimum Gasteiger partial charge on any atom is -0.491 e. The van der Waals surface area contributed by atoms with E-state index < -0.39 is 0 Å². The number of amides is 1. The third-order valence-corrected chi connectivity index (χ3v) is 10.9. The number of anilines is 1. The first kappa shape index (κ1) is 32.2. The Hall–Kier alpha value is -2.19. The van der Waals surface area contributed by atoms with Gasteiger partial charge >= 0.3 is 0 Å². The number of hydrogen-bond donors (Lipinski definition) is 1. The van der Waals surface area contributed by atoms with Crippen LogP contribution < -0.4 is 14.4 Å². The van der Waals surface area contributed by atoms with Crippen LogP contribution in [0.3, 0.4) is 0 Å². The van der Waals surface area contributed by atoms with Gasteiger partial charge in [0.1, 0.15) is 5.75 Å². The number of fused-ring (bicyclic) bond motifs is 2. The molecular weight excluding hydrogens is 580 g/mol. The molecular formula is C35H47ClN2O4S. The molecule has 1 amide bonds. The molecule has 2 heterocycles. The maximum absolute atomic E-state index is 13.2. The molecule has 8 heteroatoms. The molecule has 234 valence electrons. The summed E-state index contributed by atoms with van der Waals surface area (Å²) in [6.07, 6.45) is 9.77. The van der Waals surface area contributed by atoms with Crippen LogP contribution in [0, 0.1) is 23.7 Å². The Bertz CT molecular complexity index is 1300. The standard InChI is InChI=1S/C35H47ClN2O4S/c1-6-8-24-15-28(36)12-14-29(24)27-19-38-18-25-11-13-30(25)32(41-5)10-7-9-22(2)23(3)35(39)37-43-34-17-31(38)33(42-21-27)16-26(34)20-40-4/h7,10,12,14-17,22-23,25,27,30,32H,6,8-9,11,13,18-21H2,1-5H3,(H,37,39)/b10-7+. The maximum Gasteiger partial charge on any atom is 0.233 e. The smallest absolute Gasteiger partial charge is 0.233 e. The van der Waals surface area contributed by atoms with Gasteiger partial charge in [-0.25, -0.2) is 0 Å². The summed E-state index contributed by atoms with van der Waals surface area (Å²) < 4.78 is 21.4. The third-order valence-electron chi connectivity index (χ3n) is 9.72. The molecule has 1 saturated carbocycles. The molecule has 0 saturated heterocycles. The highest BCUT2D eigenvalue weighted by Gasteiger charge is 2.39. The van der Waals surface area contributed by atoms with Gasteiger partial charge in [-0.2, -0.15) is 0 Å². The lowest BCUT2D eigenvalue weighted by atomic mass is 9.70. The van der Waals surface area contributed by atoms with Crippen molar-refractivity contribution in [2.24, 2.45) is 23.7 Å². The lowest BCUT2D eigenvalue weighted by molar-refractivity contribution is -0.123. The van der Waals surface area contributed by atoms with E-state index in [1.807, 2.05) is 20.1 Å². The van der Waals surface area contributed by atoms with Crippen LogP contribution in [0.25, 0.3) is 0 Å². The lowest BCUT2D eigenvalue weighted by Crippen LogP contribution is -2.44. The fraction of sp³-hybridized carbons (Fsp3) is 0.571. The number of nitrogens with zero attached hydrogens (tertiary/aromatic N) is 1. The number of ether oxygens (including phenoxy) is 3. The van der Waals surface area contributed by atoms with Crippen LogP contribution in [-0.2, 0) is 27.3 Å². The minimum atomic E-state index is -0.119. The van der Waals surface area contributed by atoms with E-state index in [9.17, 15) is 4.79 Å². The zero-order valence-electron chi connectivity index (χ0n) is 26.2. The van der Waals surface area contributed by atoms with E-state index in [4.69, 9.17) is 25.8 Å². The van der Waals surface area contributed by atoms with Crippen molar-refractivity contribution in [3.8, 4) is 5.75 Å². The lowest BCUT2D eigenvalue weighted by Gasteiger charge is -2.43. The summed E-state index contributed by atoms with van der Waals surface area (Å²) in [5, 5.41) is 0.780. The number of carbonyl (C=O) groups excluding carboxylic acids is 1. The van der Waals surface area contributed by atoms with Gasteiger partial charge in [-0.3, -0.25) is 9.52 Å². The number of carbonyl (C=O) groups is 1. The van der Waals surface area contributed by atoms with Gasteiger partial charge in [0.05, 0.1) is 25.0 Å². The highest BCUT2D eigenvalue weighted by molar-refractivity contribution is 7.98. The van der Waals surface area contributed by atoms with Gasteiger partial charge in [-0.1, -0.05) is 57.0 Å². The van der Waals surface area contributed by atoms with Crippen LogP contribution in [0.4, 0.5) is 5.69 Å². The molecule has 6 atom stereocenters. The number of hydrogen-bond acceptors (Lipinski definition) is 6. The Balaban J connectivity index is 1.56. The molecule has 2 aliphatic heterocycles. The molecule has 1 N–H and O–H groups in total. The second-order valence-electron chi connectivity index (χ2n) is 12.6. The first-order valence-corrected chi connectivity index (χ1v) is 17.0. The zero-order valence-corrected chi connectivity index (χ0v) is 27.8. The van der Waals surface area contributed by atoms with Crippen molar-refractivity contribution < 1.29 is 19.0 Å². The Morgan fingerprint density at radius 3 is 2.67 bits per heavy atom. The van der Waals surface area contributed by atoms with Crippen molar-refractivity contribution in [2.45, 2.75) is 76.4 Å². The number of allylic oxidation sites excluding steroid dienone is 1. The minimum absolute atomic E-state index is 0.0398. The number of aryl methyl sites for hydroxylation is 1. The van der Waals surface area contributed by atoms with Crippen molar-refractivity contribution in [3.05, 3.63) is 64.2 Å². The van der Waals surface area contributed by atoms with Gasteiger partial charge in [-0.05, 0) is 96.3 Å². The van der Waals surface area contributed by atoms with Gasteiger partial charge in [0.15, 0.2) is 0 Å². The molecule has 43 heavy (non-hydrogen) atoms. The van der Waals surface area contributed by atoms with Crippen LogP contribution in [0.2, 0.25) is 5.02 Å². The average Bonchev–Trinajstić information content (AvgIpc) is 3.15. The average molecular weight is 627 g/mol. The largest absolute Gasteiger partial charge is 0.491 e. The van der Waals surface area contributed by atoms with Crippen molar-refractivity contribution >= 4 is 35.1 Å². The van der Waals surface area contributed by atoms with E-state index in [2.05, 4.69) is 59.9 Å². The summed E-state index contributed by atoms with van der Waals surface area (Å²) in [5.74, 6) is 2.18. The van der Waals surface area contributed by atoms with Crippen LogP contribution in [0.15, 0.2) is 47.4 Å². The first-order chi connectivity index (χ1) is 20.8. The summed E-state index contributed by atoms with van der Waals surface area (Å²) >= 11 is 7.84. The second kappa shape index (κ2) is 14.7. The molecule has 0 radical (unpaired) electrons. The SMILES string of the molecule is CCCc1cc(Cl)ccc1C1COc2cc(COC)c3cc2N(C1)CC1CCC1C(OC)/C=C/CC(C)C(C)C(=O)NS3. The monoisotopic (exact) mass is 626 g/mol. The number of nitrogens with one attached hydrogen (secondary N) is 1. The molecule has 2 aromatic carbocycles. The summed E-state index contributed by atoms with van der Waals surface area (Å²) in [6, 6.07) is 10.6. The van der Waals surface area contributed by atoms with Crippen molar-refractivity contribution in [3.63, 3.8) is 0 Å². The Kier molecular flexibility index (Phi) is 11.0. The molecule has 6 unspecified atom stereocenters. The first-order valence-electron chi connectivity index (χ1n) is 15.8. The van der Waals surface area contributed by atoms with Crippen LogP contribution in [0.5, 0.6) is 5.75 Å². The van der Waals surface area contributed by atoms with Gasteiger partial charge in [-0.15, -0.1) is 0 Å². The summed E-state index contributed by atoms with van der Waals surface area (Å²) in [7, 11) is 3.53. The molecule has 1 aliphatic carbocycles. The molecule has 1 fully saturated rings. The zero-order chi connectivity index (χ0) is 30.5. The number of methoxy groups -OCH3 is 2. The van der Waals surface area contributed by atoms with Crippen molar-refractivity contribution in [2.75, 3.05) is 38.8 Å². The maximum atomic E-state index is 13.2. The molecule has 6 nitrogen and oxygen atoms in total. The third kappa shape index (κ3) is 7.38. The molecule has 2 aromatic rings. The number of benzene rings is 2. The summed E-state index contributed by atoms with van der Waals surface area (Å²) in [5.41, 5.74) is 4.70. The highest BCUT2D eigenvalue weighted by Crippen LogP contribution is 2.44. The van der Waals surface area contributed by atoms with Crippen LogP contribution in [0.1, 0.15) is 69.1 Å². The predicted octanol–water partition coefficient (Wildman–Crippen LogP) is 7.82. The van der Waals surface area contributed by atoms with Gasteiger partial charge in [0, 0.05) is 49.1 Å². The van der Waals surface area contributed by atoms with E-state index in [0.717, 1.165) is 65.7 Å². The van der Waals surface area contributed by atoms with Gasteiger partial charge < -0.3 is 19.1 Å². The van der Waals surface area contributed by atoms with Crippen LogP contribution in [-0.4, -0.2) is 45.9 Å². The van der Waals surface area contributed by atoms with E-state index in [1.54, 1.807) is 7.11 Å². The number of rotatable bonds is 6. The van der Waals surface area contributed by atoms with Gasteiger partial charge in [0.25, 0.3) is 0 Å². The second-order valence-corrected chi connectivity index (χ2v) is 13.9. The molecule has 3 aliphatic rings. The number of halogens is 1. The quantitative estimate of drug-likeness (QED) is 0.261. The van der Waals surface area contributed by atoms with Crippen molar-refractivity contribution in [1.29, 1.82) is 0 Å². The van der Waals surface area contributed by atoms with E-state index in [1.165, 1.54) is 29.5 Å². The highest BCUT2D eigenvalue weighted by atomic mass is 35.5. The van der Waals surface area contributed by atoms with Crippen LogP contribution >= 0.6 is 23.5 Å². The Morgan fingerprint density at radius 2 is 1.95 bits per heavy atom. The van der Waals surface area contributed by atoms with E-state index >= 15 is 0 Å². The van der Waals surface area contributed by atoms with Gasteiger partial charge in [0.2, 0.25) is 5.91 Å².